The van der Waals surface area contributed by atoms with Crippen molar-refractivity contribution in [2.75, 3.05) is 7.05 Å². The van der Waals surface area contributed by atoms with Crippen LogP contribution in [-0.4, -0.2) is 42.4 Å². The van der Waals surface area contributed by atoms with Gasteiger partial charge in [0.05, 0.1) is 34.7 Å². The molecule has 0 saturated heterocycles. The van der Waals surface area contributed by atoms with E-state index >= 15 is 0 Å². The zero-order chi connectivity index (χ0) is 20.5. The fourth-order valence-electron chi connectivity index (χ4n) is 3.64. The van der Waals surface area contributed by atoms with E-state index in [2.05, 4.69) is 10.2 Å². The van der Waals surface area contributed by atoms with Crippen LogP contribution in [0.2, 0.25) is 0 Å². The number of hydrogen-bond donors (Lipinski definition) is 0. The molecule has 7 nitrogen and oxygen atoms in total. The van der Waals surface area contributed by atoms with Gasteiger partial charge in [-0.25, -0.2) is 4.98 Å². The Hall–Kier alpha value is -3.48. The summed E-state index contributed by atoms with van der Waals surface area (Å²) >= 11 is 0. The largest absolute Gasteiger partial charge is 0.336 e. The summed E-state index contributed by atoms with van der Waals surface area (Å²) in [7, 11) is 3.70. The molecule has 0 aliphatic heterocycles. The smallest absolute Gasteiger partial charge is 0.254 e. The zero-order valence-electron chi connectivity index (χ0n) is 17.1. The molecule has 3 aromatic heterocycles. The highest BCUT2D eigenvalue weighted by Crippen LogP contribution is 2.27. The summed E-state index contributed by atoms with van der Waals surface area (Å²) in [5.74, 6) is -0.0461. The summed E-state index contributed by atoms with van der Waals surface area (Å²) < 4.78 is 3.67. The molecule has 1 amide bonds. The van der Waals surface area contributed by atoms with Crippen molar-refractivity contribution in [1.82, 2.24) is 29.4 Å². The van der Waals surface area contributed by atoms with E-state index in [9.17, 15) is 4.79 Å². The van der Waals surface area contributed by atoms with E-state index in [4.69, 9.17) is 4.98 Å². The normalized spacial score (nSPS) is 11.2. The minimum atomic E-state index is -0.0461. The summed E-state index contributed by atoms with van der Waals surface area (Å²) in [6, 6.07) is 11.6. The van der Waals surface area contributed by atoms with E-state index in [1.807, 2.05) is 75.2 Å². The topological polar surface area (TPSA) is 68.8 Å². The molecule has 4 rings (SSSR count). The third kappa shape index (κ3) is 3.51. The van der Waals surface area contributed by atoms with Gasteiger partial charge in [0.15, 0.2) is 0 Å². The molecule has 0 spiro atoms. The van der Waals surface area contributed by atoms with Gasteiger partial charge in [0.1, 0.15) is 0 Å². The number of aryl methyl sites for hydroxylation is 3. The number of para-hydroxylation sites is 1. The number of pyridine rings is 1. The lowest BCUT2D eigenvalue weighted by atomic mass is 10.0. The third-order valence-electron chi connectivity index (χ3n) is 5.09. The summed E-state index contributed by atoms with van der Waals surface area (Å²) in [5.41, 5.74) is 5.00. The van der Waals surface area contributed by atoms with Gasteiger partial charge in [-0.15, -0.1) is 0 Å². The highest BCUT2D eigenvalue weighted by molar-refractivity contribution is 6.07. The quantitative estimate of drug-likeness (QED) is 0.525. The van der Waals surface area contributed by atoms with Crippen LogP contribution in [0.1, 0.15) is 28.7 Å². The van der Waals surface area contributed by atoms with E-state index in [1.54, 1.807) is 15.8 Å². The van der Waals surface area contributed by atoms with Crippen LogP contribution in [0.5, 0.6) is 0 Å². The Labute approximate surface area is 169 Å². The van der Waals surface area contributed by atoms with Crippen molar-refractivity contribution < 1.29 is 4.79 Å². The predicted octanol–water partition coefficient (Wildman–Crippen LogP) is 3.43. The number of hydrogen-bond acceptors (Lipinski definition) is 4. The maximum atomic E-state index is 13.4. The average Bonchev–Trinajstić information content (AvgIpc) is 3.31. The van der Waals surface area contributed by atoms with Crippen LogP contribution in [0.15, 0.2) is 48.8 Å². The Balaban J connectivity index is 1.77. The Kier molecular flexibility index (Phi) is 4.88. The SMILES string of the molecule is CCn1nccc1CN(C)C(=O)c1cc(-c2cn(C)nc2C)nc2ccccc12. The first kappa shape index (κ1) is 18.9. The molecule has 0 N–H and O–H groups in total. The van der Waals surface area contributed by atoms with Crippen LogP contribution in [-0.2, 0) is 20.1 Å². The van der Waals surface area contributed by atoms with Crippen LogP contribution in [0.4, 0.5) is 0 Å². The van der Waals surface area contributed by atoms with Gasteiger partial charge < -0.3 is 4.90 Å². The molecule has 0 aliphatic rings. The van der Waals surface area contributed by atoms with Gasteiger partial charge in [0.2, 0.25) is 0 Å². The Bertz CT molecular complexity index is 1190. The van der Waals surface area contributed by atoms with E-state index < -0.39 is 0 Å². The fraction of sp³-hybridized carbons (Fsp3) is 0.273. The summed E-state index contributed by atoms with van der Waals surface area (Å²) in [5, 5.41) is 9.56. The number of rotatable bonds is 5. The molecular formula is C22H24N6O. The molecule has 0 fully saturated rings. The number of nitrogens with zero attached hydrogens (tertiary/aromatic N) is 6. The highest BCUT2D eigenvalue weighted by atomic mass is 16.2. The standard InChI is InChI=1S/C22H24N6O/c1-5-28-16(10-11-23-28)13-26(3)22(29)18-12-21(19-14-27(4)25-15(19)2)24-20-9-7-6-8-17(18)20/h6-12,14H,5,13H2,1-4H3. The molecule has 0 bridgehead atoms. The molecule has 4 aromatic rings. The summed E-state index contributed by atoms with van der Waals surface area (Å²) in [4.78, 5) is 19.9. The zero-order valence-corrected chi connectivity index (χ0v) is 17.1. The van der Waals surface area contributed by atoms with Crippen molar-refractivity contribution in [3.8, 4) is 11.3 Å². The molecule has 0 radical (unpaired) electrons. The Morgan fingerprint density at radius 2 is 2.00 bits per heavy atom. The number of amides is 1. The summed E-state index contributed by atoms with van der Waals surface area (Å²) in [6.45, 7) is 5.25. The minimum Gasteiger partial charge on any atom is -0.336 e. The van der Waals surface area contributed by atoms with Crippen LogP contribution in [0.3, 0.4) is 0 Å². The maximum Gasteiger partial charge on any atom is 0.254 e. The lowest BCUT2D eigenvalue weighted by molar-refractivity contribution is 0.0783. The first-order chi connectivity index (χ1) is 14.0. The monoisotopic (exact) mass is 388 g/mol. The van der Waals surface area contributed by atoms with Gasteiger partial charge in [0, 0.05) is 44.0 Å². The molecular weight excluding hydrogens is 364 g/mol. The minimum absolute atomic E-state index is 0.0461. The number of carbonyl (C=O) groups is 1. The van der Waals surface area contributed by atoms with Crippen LogP contribution < -0.4 is 0 Å². The van der Waals surface area contributed by atoms with E-state index in [0.717, 1.165) is 40.1 Å². The second-order valence-electron chi connectivity index (χ2n) is 7.17. The average molecular weight is 388 g/mol. The van der Waals surface area contributed by atoms with Crippen molar-refractivity contribution in [1.29, 1.82) is 0 Å². The molecule has 0 aliphatic carbocycles. The summed E-state index contributed by atoms with van der Waals surface area (Å²) in [6.07, 6.45) is 3.70. The molecule has 7 heteroatoms. The second-order valence-corrected chi connectivity index (χ2v) is 7.17. The van der Waals surface area contributed by atoms with Gasteiger partial charge in [-0.2, -0.15) is 10.2 Å². The van der Waals surface area contributed by atoms with Crippen molar-refractivity contribution in [2.24, 2.45) is 7.05 Å². The van der Waals surface area contributed by atoms with Gasteiger partial charge in [-0.3, -0.25) is 14.2 Å². The van der Waals surface area contributed by atoms with Gasteiger partial charge in [-0.1, -0.05) is 18.2 Å². The van der Waals surface area contributed by atoms with Crippen LogP contribution >= 0.6 is 0 Å². The second kappa shape index (κ2) is 7.50. The Morgan fingerprint density at radius 3 is 2.72 bits per heavy atom. The van der Waals surface area contributed by atoms with E-state index in [-0.39, 0.29) is 5.91 Å². The number of carbonyl (C=O) groups excluding carboxylic acids is 1. The molecule has 0 saturated carbocycles. The van der Waals surface area contributed by atoms with Crippen molar-refractivity contribution in [3.63, 3.8) is 0 Å². The number of aromatic nitrogens is 5. The fourth-order valence-corrected chi connectivity index (χ4v) is 3.64. The van der Waals surface area contributed by atoms with Crippen LogP contribution in [0, 0.1) is 6.92 Å². The van der Waals surface area contributed by atoms with Gasteiger partial charge in [0.25, 0.3) is 5.91 Å². The molecule has 0 unspecified atom stereocenters. The van der Waals surface area contributed by atoms with Crippen LogP contribution in [0.25, 0.3) is 22.2 Å². The molecule has 29 heavy (non-hydrogen) atoms. The molecule has 0 atom stereocenters. The number of fused-ring (bicyclic) bond motifs is 1. The molecule has 1 aromatic carbocycles. The molecule has 3 heterocycles. The van der Waals surface area contributed by atoms with Crippen molar-refractivity contribution in [3.05, 3.63) is 65.7 Å². The van der Waals surface area contributed by atoms with Gasteiger partial charge in [-0.05, 0) is 32.0 Å². The first-order valence-corrected chi connectivity index (χ1v) is 9.64. The predicted molar refractivity (Wildman–Crippen MR) is 112 cm³/mol. The van der Waals surface area contributed by atoms with E-state index in [0.29, 0.717) is 12.1 Å². The maximum absolute atomic E-state index is 13.4. The lowest BCUT2D eigenvalue weighted by Gasteiger charge is -2.19. The Morgan fingerprint density at radius 1 is 1.21 bits per heavy atom. The number of benzene rings is 1. The third-order valence-corrected chi connectivity index (χ3v) is 5.09. The highest BCUT2D eigenvalue weighted by Gasteiger charge is 2.19. The lowest BCUT2D eigenvalue weighted by Crippen LogP contribution is -2.27. The van der Waals surface area contributed by atoms with Crippen molar-refractivity contribution >= 4 is 16.8 Å². The first-order valence-electron chi connectivity index (χ1n) is 9.64. The molecule has 148 valence electrons. The van der Waals surface area contributed by atoms with Crippen molar-refractivity contribution in [2.45, 2.75) is 26.9 Å². The van der Waals surface area contributed by atoms with Gasteiger partial charge >= 0.3 is 0 Å². The van der Waals surface area contributed by atoms with E-state index in [1.165, 1.54) is 0 Å².